The van der Waals surface area contributed by atoms with Crippen LogP contribution in [0.5, 0.6) is 11.5 Å². The van der Waals surface area contributed by atoms with Gasteiger partial charge in [-0.05, 0) is 61.2 Å². The van der Waals surface area contributed by atoms with E-state index in [0.717, 1.165) is 22.6 Å². The second kappa shape index (κ2) is 15.2. The topological polar surface area (TPSA) is 139 Å². The summed E-state index contributed by atoms with van der Waals surface area (Å²) in [6.07, 6.45) is 0.496. The average molecular weight is 748 g/mol. The van der Waals surface area contributed by atoms with Crippen LogP contribution in [0, 0.1) is 0 Å². The summed E-state index contributed by atoms with van der Waals surface area (Å²) in [5, 5.41) is 10.4. The van der Waals surface area contributed by atoms with Crippen molar-refractivity contribution in [2.75, 3.05) is 37.1 Å². The van der Waals surface area contributed by atoms with Crippen molar-refractivity contribution in [2.45, 2.75) is 58.8 Å². The number of ether oxygens (including phenoxy) is 2. The Kier molecular flexibility index (Phi) is 10.7. The van der Waals surface area contributed by atoms with Gasteiger partial charge in [-0.2, -0.15) is 4.98 Å². The number of piperazine rings is 1. The monoisotopic (exact) mass is 746 g/mol. The van der Waals surface area contributed by atoms with E-state index in [4.69, 9.17) is 37.7 Å². The Labute approximate surface area is 311 Å². The van der Waals surface area contributed by atoms with Crippen molar-refractivity contribution in [1.82, 2.24) is 29.4 Å². The molecule has 5 aromatic rings. The van der Waals surface area contributed by atoms with Crippen LogP contribution in [0.2, 0.25) is 10.2 Å². The molecule has 3 aromatic heterocycles. The standard InChI is InChI=1S/C37H40Cl2N8O5/c1-21(2)30-31(35(41-20-40-30)44(18-24-7-11-26(51-5)12-8-24)19-25-9-13-27(52-6)14-10-25)47-34-28(15-29(38)32(39)42-34)33(43-36(47)48)45-16-23(4)46(37(49)50)17-22(45)3/h7-15,20-23H,16-19H2,1-6H3,(H,49,50). The number of pyridine rings is 1. The molecular weight excluding hydrogens is 707 g/mol. The summed E-state index contributed by atoms with van der Waals surface area (Å²) in [6.45, 7) is 9.04. The van der Waals surface area contributed by atoms with Crippen LogP contribution in [0.3, 0.4) is 0 Å². The Morgan fingerprint density at radius 2 is 1.52 bits per heavy atom. The van der Waals surface area contributed by atoms with Crippen molar-refractivity contribution >= 4 is 52.0 Å². The molecule has 1 saturated heterocycles. The lowest BCUT2D eigenvalue weighted by molar-refractivity contribution is 0.114. The molecule has 1 fully saturated rings. The third kappa shape index (κ3) is 7.28. The first-order valence-corrected chi connectivity index (χ1v) is 17.6. The number of nitrogens with zero attached hydrogens (tertiary/aromatic N) is 8. The highest BCUT2D eigenvalue weighted by molar-refractivity contribution is 6.41. The minimum absolute atomic E-state index is 0.00870. The fraction of sp³-hybridized carbons (Fsp3) is 0.351. The Balaban J connectivity index is 1.58. The number of methoxy groups -OCH3 is 2. The van der Waals surface area contributed by atoms with Gasteiger partial charge in [0.1, 0.15) is 34.5 Å². The second-order valence-electron chi connectivity index (χ2n) is 13.1. The number of rotatable bonds is 10. The second-order valence-corrected chi connectivity index (χ2v) is 13.9. The molecule has 13 nitrogen and oxygen atoms in total. The molecule has 2 atom stereocenters. The first-order valence-electron chi connectivity index (χ1n) is 16.8. The van der Waals surface area contributed by atoms with Gasteiger partial charge in [0.15, 0.2) is 11.5 Å². The highest BCUT2D eigenvalue weighted by atomic mass is 35.5. The molecule has 0 spiro atoms. The van der Waals surface area contributed by atoms with E-state index >= 15 is 0 Å². The molecule has 15 heteroatoms. The summed E-state index contributed by atoms with van der Waals surface area (Å²) in [7, 11) is 3.25. The van der Waals surface area contributed by atoms with E-state index in [1.54, 1.807) is 20.3 Å². The Hall–Kier alpha value is -5.14. The van der Waals surface area contributed by atoms with Crippen LogP contribution in [0.25, 0.3) is 16.7 Å². The lowest BCUT2D eigenvalue weighted by atomic mass is 10.1. The van der Waals surface area contributed by atoms with E-state index in [1.165, 1.54) is 15.8 Å². The highest BCUT2D eigenvalue weighted by Crippen LogP contribution is 2.36. The smallest absolute Gasteiger partial charge is 0.407 e. The van der Waals surface area contributed by atoms with Gasteiger partial charge in [0.05, 0.1) is 30.3 Å². The Bertz CT molecular complexity index is 2100. The molecule has 1 aliphatic heterocycles. The van der Waals surface area contributed by atoms with Gasteiger partial charge >= 0.3 is 11.8 Å². The summed E-state index contributed by atoms with van der Waals surface area (Å²) < 4.78 is 12.2. The van der Waals surface area contributed by atoms with Crippen LogP contribution in [0.1, 0.15) is 50.4 Å². The van der Waals surface area contributed by atoms with Gasteiger partial charge in [0, 0.05) is 38.3 Å². The summed E-state index contributed by atoms with van der Waals surface area (Å²) in [6, 6.07) is 16.5. The summed E-state index contributed by atoms with van der Waals surface area (Å²) in [5.74, 6) is 2.14. The van der Waals surface area contributed by atoms with Crippen molar-refractivity contribution in [3.05, 3.63) is 98.4 Å². The SMILES string of the molecule is COc1ccc(CN(Cc2ccc(OC)cc2)c2ncnc(C(C)C)c2-n2c(=O)nc(N3CC(C)N(C(=O)O)CC3C)c3cc(Cl)c(Cl)nc32)cc1. The van der Waals surface area contributed by atoms with Crippen molar-refractivity contribution in [3.63, 3.8) is 0 Å². The minimum Gasteiger partial charge on any atom is -0.497 e. The molecule has 0 radical (unpaired) electrons. The van der Waals surface area contributed by atoms with Crippen LogP contribution in [-0.4, -0.2) is 80.0 Å². The third-order valence-electron chi connectivity index (χ3n) is 9.23. The fourth-order valence-electron chi connectivity index (χ4n) is 6.55. The normalized spacial score (nSPS) is 16.0. The Morgan fingerprint density at radius 3 is 2.06 bits per heavy atom. The van der Waals surface area contributed by atoms with Gasteiger partial charge < -0.3 is 29.3 Å². The number of aromatic nitrogens is 5. The zero-order valence-corrected chi connectivity index (χ0v) is 31.3. The van der Waals surface area contributed by atoms with Crippen LogP contribution in [-0.2, 0) is 13.1 Å². The molecule has 52 heavy (non-hydrogen) atoms. The van der Waals surface area contributed by atoms with Gasteiger partial charge in [-0.3, -0.25) is 0 Å². The summed E-state index contributed by atoms with van der Waals surface area (Å²) >= 11 is 13.2. The Morgan fingerprint density at radius 1 is 0.923 bits per heavy atom. The van der Waals surface area contributed by atoms with Crippen LogP contribution in [0.15, 0.2) is 65.7 Å². The van der Waals surface area contributed by atoms with Gasteiger partial charge in [-0.25, -0.2) is 29.1 Å². The molecule has 6 rings (SSSR count). The number of anilines is 2. The predicted molar refractivity (Wildman–Crippen MR) is 202 cm³/mol. The number of carbonyl (C=O) groups is 1. The number of fused-ring (bicyclic) bond motifs is 1. The summed E-state index contributed by atoms with van der Waals surface area (Å²) in [4.78, 5) is 50.7. The van der Waals surface area contributed by atoms with E-state index in [2.05, 4.69) is 19.9 Å². The van der Waals surface area contributed by atoms with Crippen molar-refractivity contribution in [1.29, 1.82) is 0 Å². The molecule has 0 saturated carbocycles. The van der Waals surface area contributed by atoms with E-state index < -0.39 is 11.8 Å². The quantitative estimate of drug-likeness (QED) is 0.151. The fourth-order valence-corrected chi connectivity index (χ4v) is 6.84. The number of benzene rings is 2. The van der Waals surface area contributed by atoms with E-state index in [9.17, 15) is 14.7 Å². The first-order chi connectivity index (χ1) is 24.9. The number of hydrogen-bond donors (Lipinski definition) is 1. The molecule has 1 N–H and O–H groups in total. The average Bonchev–Trinajstić information content (AvgIpc) is 3.13. The van der Waals surface area contributed by atoms with Crippen LogP contribution < -0.4 is 25.0 Å². The largest absolute Gasteiger partial charge is 0.497 e. The van der Waals surface area contributed by atoms with Crippen molar-refractivity contribution in [3.8, 4) is 17.2 Å². The molecule has 2 unspecified atom stereocenters. The van der Waals surface area contributed by atoms with Crippen LogP contribution in [0.4, 0.5) is 16.4 Å². The van der Waals surface area contributed by atoms with Gasteiger partial charge in [-0.15, -0.1) is 0 Å². The molecule has 2 aromatic carbocycles. The van der Waals surface area contributed by atoms with Crippen molar-refractivity contribution < 1.29 is 19.4 Å². The van der Waals surface area contributed by atoms with Gasteiger partial charge in [-0.1, -0.05) is 61.3 Å². The number of hydrogen-bond acceptors (Lipinski definition) is 10. The molecule has 0 bridgehead atoms. The van der Waals surface area contributed by atoms with E-state index in [0.29, 0.717) is 48.0 Å². The molecule has 4 heterocycles. The minimum atomic E-state index is -1.00. The molecule has 1 amide bonds. The maximum atomic E-state index is 14.6. The number of amides is 1. The van der Waals surface area contributed by atoms with E-state index in [1.807, 2.05) is 81.1 Å². The number of halogens is 2. The highest BCUT2D eigenvalue weighted by Gasteiger charge is 2.35. The zero-order valence-electron chi connectivity index (χ0n) is 29.7. The molecule has 0 aliphatic carbocycles. The van der Waals surface area contributed by atoms with Gasteiger partial charge in [0.2, 0.25) is 0 Å². The number of carboxylic acid groups (broad SMARTS) is 1. The van der Waals surface area contributed by atoms with Gasteiger partial charge in [0.25, 0.3) is 0 Å². The third-order valence-corrected chi connectivity index (χ3v) is 9.90. The maximum absolute atomic E-state index is 14.6. The summed E-state index contributed by atoms with van der Waals surface area (Å²) in [5.41, 5.74) is 2.57. The molecule has 1 aliphatic rings. The molecular formula is C37H40Cl2N8O5. The lowest BCUT2D eigenvalue weighted by Gasteiger charge is -2.43. The predicted octanol–water partition coefficient (Wildman–Crippen LogP) is 6.80. The van der Waals surface area contributed by atoms with E-state index in [-0.39, 0.29) is 40.4 Å². The molecule has 272 valence electrons. The van der Waals surface area contributed by atoms with Crippen LogP contribution >= 0.6 is 23.2 Å². The maximum Gasteiger partial charge on any atom is 0.407 e. The lowest BCUT2D eigenvalue weighted by Crippen LogP contribution is -2.58. The first kappa shape index (κ1) is 36.6. The van der Waals surface area contributed by atoms with Crippen molar-refractivity contribution in [2.24, 2.45) is 0 Å². The zero-order chi connectivity index (χ0) is 37.3.